The zero-order valence-electron chi connectivity index (χ0n) is 15.9. The second-order valence-electron chi connectivity index (χ2n) is 6.37. The lowest BCUT2D eigenvalue weighted by Gasteiger charge is -2.09. The number of unbranched alkanes of at least 4 members (excludes halogenated alkanes) is 1. The van der Waals surface area contributed by atoms with Gasteiger partial charge in [0.25, 0.3) is 5.91 Å². The molecule has 0 aliphatic carbocycles. The summed E-state index contributed by atoms with van der Waals surface area (Å²) in [5, 5.41) is 7.33. The molecule has 1 amide bonds. The van der Waals surface area contributed by atoms with E-state index in [1.807, 2.05) is 41.9 Å². The quantitative estimate of drug-likeness (QED) is 0.566. The van der Waals surface area contributed by atoms with Crippen LogP contribution in [0.5, 0.6) is 5.75 Å². The van der Waals surface area contributed by atoms with Crippen molar-refractivity contribution in [1.82, 2.24) is 15.1 Å². The van der Waals surface area contributed by atoms with Gasteiger partial charge in [-0.05, 0) is 55.7 Å². The van der Waals surface area contributed by atoms with E-state index in [4.69, 9.17) is 4.74 Å². The molecule has 0 bridgehead atoms. The molecule has 0 saturated heterocycles. The van der Waals surface area contributed by atoms with Gasteiger partial charge >= 0.3 is 0 Å². The molecule has 28 heavy (non-hydrogen) atoms. The Balaban J connectivity index is 1.46. The van der Waals surface area contributed by atoms with E-state index in [2.05, 4.69) is 10.4 Å². The summed E-state index contributed by atoms with van der Waals surface area (Å²) in [7, 11) is 0. The summed E-state index contributed by atoms with van der Waals surface area (Å²) in [4.78, 5) is 12.5. The maximum atomic E-state index is 12.8. The Labute approximate surface area is 164 Å². The molecule has 5 nitrogen and oxygen atoms in total. The van der Waals surface area contributed by atoms with Crippen LogP contribution in [0.15, 0.2) is 60.8 Å². The Morgan fingerprint density at radius 2 is 1.86 bits per heavy atom. The summed E-state index contributed by atoms with van der Waals surface area (Å²) in [5.41, 5.74) is 2.44. The summed E-state index contributed by atoms with van der Waals surface area (Å²) >= 11 is 0. The van der Waals surface area contributed by atoms with Crippen LogP contribution in [0.25, 0.3) is 5.69 Å². The fraction of sp³-hybridized carbons (Fsp3) is 0.273. The normalized spacial score (nSPS) is 10.6. The van der Waals surface area contributed by atoms with E-state index in [0.717, 1.165) is 24.2 Å². The number of halogens is 1. The van der Waals surface area contributed by atoms with Gasteiger partial charge in [-0.2, -0.15) is 5.10 Å². The van der Waals surface area contributed by atoms with Crippen LogP contribution in [-0.2, 0) is 6.42 Å². The summed E-state index contributed by atoms with van der Waals surface area (Å²) < 4.78 is 20.2. The van der Waals surface area contributed by atoms with E-state index in [1.54, 1.807) is 18.3 Å². The Morgan fingerprint density at radius 1 is 1.11 bits per heavy atom. The second-order valence-corrected chi connectivity index (χ2v) is 6.37. The van der Waals surface area contributed by atoms with E-state index >= 15 is 0 Å². The van der Waals surface area contributed by atoms with Crippen molar-refractivity contribution < 1.29 is 13.9 Å². The van der Waals surface area contributed by atoms with Crippen LogP contribution in [0.4, 0.5) is 4.39 Å². The van der Waals surface area contributed by atoms with E-state index in [0.29, 0.717) is 30.9 Å². The van der Waals surface area contributed by atoms with Crippen molar-refractivity contribution in [2.24, 2.45) is 0 Å². The number of benzene rings is 2. The van der Waals surface area contributed by atoms with Crippen molar-refractivity contribution in [2.45, 2.75) is 26.2 Å². The van der Waals surface area contributed by atoms with E-state index in [1.165, 1.54) is 12.1 Å². The third kappa shape index (κ3) is 4.97. The molecule has 0 saturated carbocycles. The van der Waals surface area contributed by atoms with Gasteiger partial charge < -0.3 is 10.1 Å². The Hall–Kier alpha value is -3.15. The SMILES string of the molecule is CCc1c(C(=O)NCCCCOc2ccc(F)cc2)cnn1-c1ccccc1. The van der Waals surface area contributed by atoms with E-state index < -0.39 is 0 Å². The molecule has 6 heteroatoms. The molecule has 146 valence electrons. The van der Waals surface area contributed by atoms with Gasteiger partial charge in [-0.1, -0.05) is 25.1 Å². The number of amides is 1. The van der Waals surface area contributed by atoms with Crippen molar-refractivity contribution in [3.8, 4) is 11.4 Å². The average molecular weight is 381 g/mol. The molecular weight excluding hydrogens is 357 g/mol. The smallest absolute Gasteiger partial charge is 0.254 e. The molecule has 0 fully saturated rings. The molecule has 0 atom stereocenters. The van der Waals surface area contributed by atoms with Gasteiger partial charge in [0.15, 0.2) is 0 Å². The maximum absolute atomic E-state index is 12.8. The predicted octanol–water partition coefficient (Wildman–Crippen LogP) is 4.16. The molecule has 3 rings (SSSR count). The first-order valence-corrected chi connectivity index (χ1v) is 9.48. The number of aromatic nitrogens is 2. The van der Waals surface area contributed by atoms with Crippen LogP contribution in [0, 0.1) is 5.82 Å². The molecule has 0 aliphatic rings. The highest BCUT2D eigenvalue weighted by Crippen LogP contribution is 2.16. The van der Waals surface area contributed by atoms with Crippen LogP contribution in [-0.4, -0.2) is 28.8 Å². The van der Waals surface area contributed by atoms with Crippen molar-refractivity contribution in [3.05, 3.63) is 77.9 Å². The van der Waals surface area contributed by atoms with Gasteiger partial charge in [-0.25, -0.2) is 9.07 Å². The molecule has 0 radical (unpaired) electrons. The van der Waals surface area contributed by atoms with E-state index in [9.17, 15) is 9.18 Å². The highest BCUT2D eigenvalue weighted by molar-refractivity contribution is 5.95. The molecule has 2 aromatic carbocycles. The first-order chi connectivity index (χ1) is 13.7. The lowest BCUT2D eigenvalue weighted by atomic mass is 10.2. The first kappa shape index (κ1) is 19.6. The zero-order chi connectivity index (χ0) is 19.8. The van der Waals surface area contributed by atoms with Crippen LogP contribution in [0.1, 0.15) is 35.8 Å². The number of hydrogen-bond acceptors (Lipinski definition) is 3. The third-order valence-electron chi connectivity index (χ3n) is 4.39. The molecule has 1 N–H and O–H groups in total. The number of nitrogens with one attached hydrogen (secondary N) is 1. The predicted molar refractivity (Wildman–Crippen MR) is 106 cm³/mol. The molecular formula is C22H24FN3O2. The number of ether oxygens (including phenoxy) is 1. The van der Waals surface area contributed by atoms with Gasteiger partial charge in [0, 0.05) is 6.54 Å². The first-order valence-electron chi connectivity index (χ1n) is 9.48. The fourth-order valence-electron chi connectivity index (χ4n) is 2.94. The van der Waals surface area contributed by atoms with E-state index in [-0.39, 0.29) is 11.7 Å². The lowest BCUT2D eigenvalue weighted by molar-refractivity contribution is 0.0951. The number of nitrogens with zero attached hydrogens (tertiary/aromatic N) is 2. The number of carbonyl (C=O) groups is 1. The second kappa shape index (κ2) is 9.69. The molecule has 3 aromatic rings. The van der Waals surface area contributed by atoms with Gasteiger partial charge in [-0.3, -0.25) is 4.79 Å². The number of carbonyl (C=O) groups excluding carboxylic acids is 1. The van der Waals surface area contributed by atoms with Crippen LogP contribution in [0.2, 0.25) is 0 Å². The van der Waals surface area contributed by atoms with Gasteiger partial charge in [0.05, 0.1) is 29.7 Å². The molecule has 1 aromatic heterocycles. The maximum Gasteiger partial charge on any atom is 0.254 e. The Bertz CT molecular complexity index is 892. The fourth-order valence-corrected chi connectivity index (χ4v) is 2.94. The van der Waals surface area contributed by atoms with Gasteiger partial charge in [-0.15, -0.1) is 0 Å². The largest absolute Gasteiger partial charge is 0.494 e. The number of rotatable bonds is 9. The Morgan fingerprint density at radius 3 is 2.57 bits per heavy atom. The average Bonchev–Trinajstić information content (AvgIpc) is 3.16. The molecule has 1 heterocycles. The number of para-hydroxylation sites is 1. The summed E-state index contributed by atoms with van der Waals surface area (Å²) in [6.45, 7) is 3.10. The van der Waals surface area contributed by atoms with Crippen molar-refractivity contribution in [2.75, 3.05) is 13.2 Å². The zero-order valence-corrected chi connectivity index (χ0v) is 15.9. The van der Waals surface area contributed by atoms with Crippen LogP contribution >= 0.6 is 0 Å². The van der Waals surface area contributed by atoms with Crippen molar-refractivity contribution >= 4 is 5.91 Å². The molecule has 0 unspecified atom stereocenters. The monoisotopic (exact) mass is 381 g/mol. The van der Waals surface area contributed by atoms with Gasteiger partial charge in [0.2, 0.25) is 0 Å². The minimum absolute atomic E-state index is 0.113. The molecule has 0 aliphatic heterocycles. The van der Waals surface area contributed by atoms with Crippen molar-refractivity contribution in [3.63, 3.8) is 0 Å². The van der Waals surface area contributed by atoms with Gasteiger partial charge in [0.1, 0.15) is 11.6 Å². The highest BCUT2D eigenvalue weighted by atomic mass is 19.1. The van der Waals surface area contributed by atoms with Crippen LogP contribution < -0.4 is 10.1 Å². The summed E-state index contributed by atoms with van der Waals surface area (Å²) in [5.74, 6) is 0.252. The van der Waals surface area contributed by atoms with Crippen molar-refractivity contribution in [1.29, 1.82) is 0 Å². The minimum Gasteiger partial charge on any atom is -0.494 e. The summed E-state index contributed by atoms with van der Waals surface area (Å²) in [6.07, 6.45) is 3.92. The highest BCUT2D eigenvalue weighted by Gasteiger charge is 2.16. The molecule has 0 spiro atoms. The summed E-state index contributed by atoms with van der Waals surface area (Å²) in [6, 6.07) is 15.7. The standard InChI is InChI=1S/C22H24FN3O2/c1-2-21-20(16-25-26(21)18-8-4-3-5-9-18)22(27)24-14-6-7-15-28-19-12-10-17(23)11-13-19/h3-5,8-13,16H,2,6-7,14-15H2,1H3,(H,24,27). The lowest BCUT2D eigenvalue weighted by Crippen LogP contribution is -2.25. The number of hydrogen-bond donors (Lipinski definition) is 1. The van der Waals surface area contributed by atoms with Crippen LogP contribution in [0.3, 0.4) is 0 Å². The topological polar surface area (TPSA) is 56.1 Å². The minimum atomic E-state index is -0.280. The third-order valence-corrected chi connectivity index (χ3v) is 4.39. The Kier molecular flexibility index (Phi) is 6.78.